The Balaban J connectivity index is 0.00000120. The van der Waals surface area contributed by atoms with Crippen LogP contribution in [0.5, 0.6) is 5.75 Å². The molecule has 2 aromatic rings. The number of nitrogens with zero attached hydrogens (tertiary/aromatic N) is 1. The molecule has 0 atom stereocenters. The molecule has 0 bridgehead atoms. The fourth-order valence-corrected chi connectivity index (χ4v) is 2.58. The Morgan fingerprint density at radius 1 is 1.44 bits per heavy atom. The van der Waals surface area contributed by atoms with E-state index in [2.05, 4.69) is 9.88 Å². The second kappa shape index (κ2) is 4.96. The average Bonchev–Trinajstić information content (AvgIpc) is 2.63. The number of nitrogens with one attached hydrogen (secondary N) is 1. The van der Waals surface area contributed by atoms with Crippen LogP contribution in [0.1, 0.15) is 5.69 Å². The second-order valence-electron chi connectivity index (χ2n) is 4.09. The summed E-state index contributed by atoms with van der Waals surface area (Å²) >= 11 is 5.84. The Morgan fingerprint density at radius 3 is 2.94 bits per heavy atom. The molecule has 0 spiro atoms. The van der Waals surface area contributed by atoms with Crippen molar-refractivity contribution < 1.29 is 9.13 Å². The van der Waals surface area contributed by atoms with E-state index in [4.69, 9.17) is 16.3 Å². The van der Waals surface area contributed by atoms with Gasteiger partial charge < -0.3 is 14.6 Å². The zero-order valence-electron chi connectivity index (χ0n) is 9.80. The van der Waals surface area contributed by atoms with Crippen molar-refractivity contribution in [1.29, 1.82) is 0 Å². The SMILES string of the molecule is COc1c2n(c3cc(Cl)c(F)cc13)CCNC2.Cl. The second-order valence-corrected chi connectivity index (χ2v) is 4.50. The van der Waals surface area contributed by atoms with E-state index in [1.165, 1.54) is 6.07 Å². The predicted molar refractivity (Wildman–Crippen MR) is 72.4 cm³/mol. The minimum Gasteiger partial charge on any atom is -0.494 e. The zero-order chi connectivity index (χ0) is 12.0. The van der Waals surface area contributed by atoms with Gasteiger partial charge in [-0.25, -0.2) is 4.39 Å². The highest BCUT2D eigenvalue weighted by molar-refractivity contribution is 6.31. The van der Waals surface area contributed by atoms with Gasteiger partial charge in [0.2, 0.25) is 0 Å². The van der Waals surface area contributed by atoms with Crippen LogP contribution in [0.4, 0.5) is 4.39 Å². The van der Waals surface area contributed by atoms with Gasteiger partial charge in [-0.3, -0.25) is 0 Å². The summed E-state index contributed by atoms with van der Waals surface area (Å²) in [6.07, 6.45) is 0. The van der Waals surface area contributed by atoms with Gasteiger partial charge in [0.05, 0.1) is 23.3 Å². The Hall–Kier alpha value is -0.970. The summed E-state index contributed by atoms with van der Waals surface area (Å²) < 4.78 is 21.0. The maximum absolute atomic E-state index is 13.5. The first-order chi connectivity index (χ1) is 8.22. The smallest absolute Gasteiger partial charge is 0.149 e. The molecule has 2 heterocycles. The van der Waals surface area contributed by atoms with Gasteiger partial charge in [0.15, 0.2) is 0 Å². The molecular weight excluding hydrogens is 278 g/mol. The van der Waals surface area contributed by atoms with Crippen LogP contribution in [-0.4, -0.2) is 18.2 Å². The van der Waals surface area contributed by atoms with Crippen molar-refractivity contribution in [3.63, 3.8) is 0 Å². The van der Waals surface area contributed by atoms with Crippen LogP contribution in [0.25, 0.3) is 10.9 Å². The number of benzene rings is 1. The maximum atomic E-state index is 13.5. The van der Waals surface area contributed by atoms with E-state index in [9.17, 15) is 4.39 Å². The molecule has 1 aromatic heterocycles. The Morgan fingerprint density at radius 2 is 2.22 bits per heavy atom. The minimum atomic E-state index is -0.409. The standard InChI is InChI=1S/C12H12ClFN2O.ClH/c1-17-12-7-4-9(14)8(13)5-10(7)16-3-2-15-6-11(12)16;/h4-5,15H,2-3,6H2,1H3;1H. The summed E-state index contributed by atoms with van der Waals surface area (Å²) in [4.78, 5) is 0. The number of methoxy groups -OCH3 is 1. The first kappa shape index (κ1) is 13.5. The fraction of sp³-hybridized carbons (Fsp3) is 0.333. The average molecular weight is 291 g/mol. The fourth-order valence-electron chi connectivity index (χ4n) is 2.42. The number of hydrogen-bond acceptors (Lipinski definition) is 2. The van der Waals surface area contributed by atoms with Crippen molar-refractivity contribution in [3.05, 3.63) is 28.7 Å². The van der Waals surface area contributed by atoms with E-state index in [1.807, 2.05) is 0 Å². The highest BCUT2D eigenvalue weighted by atomic mass is 35.5. The van der Waals surface area contributed by atoms with Gasteiger partial charge in [0, 0.05) is 25.0 Å². The van der Waals surface area contributed by atoms with Gasteiger partial charge in [-0.05, 0) is 12.1 Å². The lowest BCUT2D eigenvalue weighted by Crippen LogP contribution is -2.27. The number of aromatic nitrogens is 1. The van der Waals surface area contributed by atoms with Gasteiger partial charge in [-0.1, -0.05) is 11.6 Å². The predicted octanol–water partition coefficient (Wildman–Crippen LogP) is 2.97. The van der Waals surface area contributed by atoms with Crippen molar-refractivity contribution >= 4 is 34.9 Å². The van der Waals surface area contributed by atoms with Gasteiger partial charge in [0.1, 0.15) is 11.6 Å². The molecule has 0 radical (unpaired) electrons. The molecule has 6 heteroatoms. The topological polar surface area (TPSA) is 26.2 Å². The Labute approximate surface area is 115 Å². The van der Waals surface area contributed by atoms with Crippen LogP contribution in [0, 0.1) is 5.82 Å². The van der Waals surface area contributed by atoms with E-state index in [1.54, 1.807) is 13.2 Å². The number of hydrogen-bond donors (Lipinski definition) is 1. The number of halogens is 3. The molecule has 0 amide bonds. The molecule has 1 aliphatic heterocycles. The van der Waals surface area contributed by atoms with E-state index >= 15 is 0 Å². The molecule has 1 N–H and O–H groups in total. The summed E-state index contributed by atoms with van der Waals surface area (Å²) in [5.41, 5.74) is 1.99. The first-order valence-corrected chi connectivity index (χ1v) is 5.85. The number of ether oxygens (including phenoxy) is 1. The summed E-state index contributed by atoms with van der Waals surface area (Å²) in [6, 6.07) is 3.12. The van der Waals surface area contributed by atoms with Crippen molar-refractivity contribution in [2.24, 2.45) is 0 Å². The van der Waals surface area contributed by atoms with Crippen LogP contribution in [0.15, 0.2) is 12.1 Å². The third kappa shape index (κ3) is 1.85. The molecule has 0 saturated heterocycles. The minimum absolute atomic E-state index is 0. The quantitative estimate of drug-likeness (QED) is 0.874. The molecule has 98 valence electrons. The maximum Gasteiger partial charge on any atom is 0.149 e. The number of rotatable bonds is 1. The molecular formula is C12H13Cl2FN2O. The highest BCUT2D eigenvalue weighted by Gasteiger charge is 2.21. The Bertz CT molecular complexity index is 559. The van der Waals surface area contributed by atoms with Crippen molar-refractivity contribution in [2.45, 2.75) is 13.1 Å². The van der Waals surface area contributed by atoms with Crippen LogP contribution < -0.4 is 10.1 Å². The summed E-state index contributed by atoms with van der Waals surface area (Å²) in [7, 11) is 1.61. The Kier molecular flexibility index (Phi) is 3.71. The number of fused-ring (bicyclic) bond motifs is 3. The molecule has 0 fully saturated rings. The monoisotopic (exact) mass is 290 g/mol. The molecule has 1 aliphatic rings. The van der Waals surface area contributed by atoms with Gasteiger partial charge in [-0.15, -0.1) is 12.4 Å². The summed E-state index contributed by atoms with van der Waals surface area (Å²) in [5.74, 6) is 0.330. The van der Waals surface area contributed by atoms with Gasteiger partial charge >= 0.3 is 0 Å². The van der Waals surface area contributed by atoms with Crippen molar-refractivity contribution in [2.75, 3.05) is 13.7 Å². The molecule has 3 nitrogen and oxygen atoms in total. The van der Waals surface area contributed by atoms with Crippen LogP contribution in [0.3, 0.4) is 0 Å². The highest BCUT2D eigenvalue weighted by Crippen LogP contribution is 2.36. The van der Waals surface area contributed by atoms with Crippen LogP contribution >= 0.6 is 24.0 Å². The lowest BCUT2D eigenvalue weighted by Gasteiger charge is -2.17. The molecule has 1 aromatic carbocycles. The lowest BCUT2D eigenvalue weighted by molar-refractivity contribution is 0.400. The largest absolute Gasteiger partial charge is 0.494 e. The third-order valence-corrected chi connectivity index (χ3v) is 3.46. The van der Waals surface area contributed by atoms with E-state index in [0.29, 0.717) is 0 Å². The van der Waals surface area contributed by atoms with Crippen LogP contribution in [-0.2, 0) is 13.1 Å². The zero-order valence-corrected chi connectivity index (χ0v) is 11.4. The van der Waals surface area contributed by atoms with Crippen molar-refractivity contribution in [1.82, 2.24) is 9.88 Å². The van der Waals surface area contributed by atoms with E-state index in [-0.39, 0.29) is 17.4 Å². The van der Waals surface area contributed by atoms with Crippen LogP contribution in [0.2, 0.25) is 5.02 Å². The summed E-state index contributed by atoms with van der Waals surface area (Å²) in [5, 5.41) is 4.22. The summed E-state index contributed by atoms with van der Waals surface area (Å²) in [6.45, 7) is 2.48. The molecule has 3 rings (SSSR count). The van der Waals surface area contributed by atoms with Crippen molar-refractivity contribution in [3.8, 4) is 5.75 Å². The third-order valence-electron chi connectivity index (χ3n) is 3.17. The van der Waals surface area contributed by atoms with E-state index in [0.717, 1.165) is 42.0 Å². The molecule has 18 heavy (non-hydrogen) atoms. The molecule has 0 saturated carbocycles. The van der Waals surface area contributed by atoms with Gasteiger partial charge in [0.25, 0.3) is 0 Å². The normalized spacial score (nSPS) is 14.2. The van der Waals surface area contributed by atoms with Gasteiger partial charge in [-0.2, -0.15) is 0 Å². The lowest BCUT2D eigenvalue weighted by atomic mass is 10.2. The molecule has 0 aliphatic carbocycles. The van der Waals surface area contributed by atoms with E-state index < -0.39 is 5.82 Å². The first-order valence-electron chi connectivity index (χ1n) is 5.47. The molecule has 0 unspecified atom stereocenters.